The van der Waals surface area contributed by atoms with Crippen LogP contribution in [0.25, 0.3) is 0 Å². The maximum absolute atomic E-state index is 12.4. The van der Waals surface area contributed by atoms with Crippen molar-refractivity contribution in [1.82, 2.24) is 14.8 Å². The summed E-state index contributed by atoms with van der Waals surface area (Å²) < 4.78 is 39.2. The van der Waals surface area contributed by atoms with E-state index in [1.807, 2.05) is 4.57 Å². The van der Waals surface area contributed by atoms with Gasteiger partial charge in [0.1, 0.15) is 0 Å². The van der Waals surface area contributed by atoms with Gasteiger partial charge in [-0.15, -0.1) is 10.2 Å². The Balaban J connectivity index is 1.73. The Morgan fingerprint density at radius 1 is 1.18 bits per heavy atom. The summed E-state index contributed by atoms with van der Waals surface area (Å²) in [6.45, 7) is 1.83. The molecule has 9 heteroatoms. The molecule has 0 bridgehead atoms. The highest BCUT2D eigenvalue weighted by Crippen LogP contribution is 2.41. The number of thioether (sulfide) groups is 1. The van der Waals surface area contributed by atoms with E-state index in [0.29, 0.717) is 5.16 Å². The number of aromatic nitrogens is 3. The lowest BCUT2D eigenvalue weighted by Gasteiger charge is -2.27. The summed E-state index contributed by atoms with van der Waals surface area (Å²) in [7, 11) is 0. The molecule has 124 valence electrons. The zero-order chi connectivity index (χ0) is 15.7. The number of alkyl halides is 3. The third-order valence-electron chi connectivity index (χ3n) is 3.95. The number of hydrogen-bond acceptors (Lipinski definition) is 5. The van der Waals surface area contributed by atoms with Crippen LogP contribution in [0.2, 0.25) is 0 Å². The van der Waals surface area contributed by atoms with E-state index in [4.69, 9.17) is 5.11 Å². The second-order valence-corrected chi connectivity index (χ2v) is 6.79. The molecule has 1 saturated heterocycles. The number of aliphatic hydroxyl groups excluding tert-OH is 1. The average Bonchev–Trinajstić information content (AvgIpc) is 3.24. The zero-order valence-electron chi connectivity index (χ0n) is 12.1. The summed E-state index contributed by atoms with van der Waals surface area (Å²) in [5.74, 6) is 0.320. The molecule has 5 nitrogen and oxygen atoms in total. The predicted molar refractivity (Wildman–Crippen MR) is 77.1 cm³/mol. The molecular formula is C13H19F3N4OS. The average molecular weight is 336 g/mol. The second kappa shape index (κ2) is 6.27. The third-order valence-corrected chi connectivity index (χ3v) is 4.96. The van der Waals surface area contributed by atoms with Crippen molar-refractivity contribution in [3.8, 4) is 0 Å². The third kappa shape index (κ3) is 3.51. The Morgan fingerprint density at radius 2 is 1.86 bits per heavy atom. The van der Waals surface area contributed by atoms with E-state index in [2.05, 4.69) is 15.1 Å². The number of halogens is 3. The van der Waals surface area contributed by atoms with Crippen LogP contribution in [-0.2, 0) is 0 Å². The summed E-state index contributed by atoms with van der Waals surface area (Å²) in [5.41, 5.74) is 0. The molecular weight excluding hydrogens is 317 g/mol. The van der Waals surface area contributed by atoms with Crippen LogP contribution < -0.4 is 4.90 Å². The van der Waals surface area contributed by atoms with Crippen molar-refractivity contribution >= 4 is 17.7 Å². The van der Waals surface area contributed by atoms with Crippen LogP contribution in [0.5, 0.6) is 0 Å². The van der Waals surface area contributed by atoms with Gasteiger partial charge in [0, 0.05) is 24.9 Å². The highest BCUT2D eigenvalue weighted by atomic mass is 32.2. The van der Waals surface area contributed by atoms with E-state index in [1.54, 1.807) is 0 Å². The molecule has 1 aliphatic carbocycles. The minimum absolute atomic E-state index is 0.289. The number of piperidine rings is 1. The molecule has 1 aliphatic heterocycles. The van der Waals surface area contributed by atoms with Crippen LogP contribution in [0.4, 0.5) is 19.1 Å². The van der Waals surface area contributed by atoms with E-state index >= 15 is 0 Å². The molecule has 0 radical (unpaired) electrons. The highest BCUT2D eigenvalue weighted by Gasteiger charge is 2.39. The first-order chi connectivity index (χ1) is 10.5. The molecule has 0 unspecified atom stereocenters. The van der Waals surface area contributed by atoms with Gasteiger partial charge in [-0.2, -0.15) is 13.2 Å². The van der Waals surface area contributed by atoms with E-state index in [-0.39, 0.29) is 6.04 Å². The topological polar surface area (TPSA) is 54.2 Å². The normalized spacial score (nSPS) is 21.2. The SMILES string of the molecule is O[C@H](CSc1nnc(N2CCCCC2)n1C1CC1)C(F)(F)F. The van der Waals surface area contributed by atoms with Gasteiger partial charge in [-0.05, 0) is 32.1 Å². The van der Waals surface area contributed by atoms with Crippen molar-refractivity contribution in [1.29, 1.82) is 0 Å². The predicted octanol–water partition coefficient (Wildman–Crippen LogP) is 2.62. The first-order valence-corrected chi connectivity index (χ1v) is 8.53. The molecule has 2 fully saturated rings. The maximum Gasteiger partial charge on any atom is 0.415 e. The largest absolute Gasteiger partial charge is 0.415 e. The number of nitrogens with zero attached hydrogens (tertiary/aromatic N) is 4. The van der Waals surface area contributed by atoms with Gasteiger partial charge in [-0.25, -0.2) is 0 Å². The van der Waals surface area contributed by atoms with Gasteiger partial charge >= 0.3 is 6.18 Å². The highest BCUT2D eigenvalue weighted by molar-refractivity contribution is 7.99. The molecule has 0 spiro atoms. The van der Waals surface area contributed by atoms with Crippen molar-refractivity contribution in [2.24, 2.45) is 0 Å². The van der Waals surface area contributed by atoms with Crippen molar-refractivity contribution in [3.05, 3.63) is 0 Å². The van der Waals surface area contributed by atoms with Crippen LogP contribution in [0.1, 0.15) is 38.1 Å². The van der Waals surface area contributed by atoms with Crippen LogP contribution in [0.3, 0.4) is 0 Å². The van der Waals surface area contributed by atoms with Gasteiger partial charge in [-0.3, -0.25) is 4.57 Å². The summed E-state index contributed by atoms with van der Waals surface area (Å²) in [5, 5.41) is 17.9. The lowest BCUT2D eigenvalue weighted by atomic mass is 10.1. The lowest BCUT2D eigenvalue weighted by molar-refractivity contribution is -0.195. The molecule has 1 aromatic heterocycles. The molecule has 3 rings (SSSR count). The fourth-order valence-electron chi connectivity index (χ4n) is 2.58. The van der Waals surface area contributed by atoms with Crippen LogP contribution in [-0.4, -0.2) is 51.0 Å². The fraction of sp³-hybridized carbons (Fsp3) is 0.846. The summed E-state index contributed by atoms with van der Waals surface area (Å²) in [4.78, 5) is 2.17. The van der Waals surface area contributed by atoms with Gasteiger partial charge in [0.2, 0.25) is 5.95 Å². The van der Waals surface area contributed by atoms with Crippen molar-refractivity contribution in [2.45, 2.75) is 55.6 Å². The fourth-order valence-corrected chi connectivity index (χ4v) is 3.54. The molecule has 2 aliphatic rings. The van der Waals surface area contributed by atoms with E-state index in [1.165, 1.54) is 6.42 Å². The Bertz CT molecular complexity index is 512. The molecule has 22 heavy (non-hydrogen) atoms. The van der Waals surface area contributed by atoms with Crippen molar-refractivity contribution < 1.29 is 18.3 Å². The van der Waals surface area contributed by atoms with E-state index in [0.717, 1.165) is 56.5 Å². The summed E-state index contributed by atoms with van der Waals surface area (Å²) in [6.07, 6.45) is -1.50. The maximum atomic E-state index is 12.4. The van der Waals surface area contributed by atoms with Crippen molar-refractivity contribution in [2.75, 3.05) is 23.7 Å². The Hall–Kier alpha value is -0.960. The molecule has 2 heterocycles. The van der Waals surface area contributed by atoms with Crippen LogP contribution in [0.15, 0.2) is 5.16 Å². The minimum Gasteiger partial charge on any atom is -0.383 e. The monoisotopic (exact) mass is 336 g/mol. The summed E-state index contributed by atoms with van der Waals surface area (Å²) in [6, 6.07) is 0.289. The minimum atomic E-state index is -4.59. The van der Waals surface area contributed by atoms with Gasteiger partial charge in [0.05, 0.1) is 0 Å². The van der Waals surface area contributed by atoms with E-state index in [9.17, 15) is 13.2 Å². The van der Waals surface area contributed by atoms with Crippen molar-refractivity contribution in [3.63, 3.8) is 0 Å². The molecule has 0 aromatic carbocycles. The van der Waals surface area contributed by atoms with Crippen LogP contribution in [0, 0.1) is 0 Å². The Kier molecular flexibility index (Phi) is 4.54. The quantitative estimate of drug-likeness (QED) is 0.838. The van der Waals surface area contributed by atoms with Gasteiger partial charge in [0.25, 0.3) is 0 Å². The van der Waals surface area contributed by atoms with Gasteiger partial charge < -0.3 is 10.0 Å². The van der Waals surface area contributed by atoms with E-state index < -0.39 is 18.0 Å². The number of rotatable bonds is 5. The molecule has 1 atom stereocenters. The molecule has 1 N–H and O–H groups in total. The Labute approximate surface area is 130 Å². The number of aliphatic hydroxyl groups is 1. The molecule has 0 amide bonds. The Morgan fingerprint density at radius 3 is 2.45 bits per heavy atom. The number of anilines is 1. The second-order valence-electron chi connectivity index (χ2n) is 5.80. The summed E-state index contributed by atoms with van der Waals surface area (Å²) >= 11 is 0.928. The van der Waals surface area contributed by atoms with Gasteiger partial charge in [-0.1, -0.05) is 11.8 Å². The first kappa shape index (κ1) is 15.9. The molecule has 1 aromatic rings. The first-order valence-electron chi connectivity index (χ1n) is 7.54. The lowest BCUT2D eigenvalue weighted by Crippen LogP contribution is -2.32. The van der Waals surface area contributed by atoms with Crippen LogP contribution >= 0.6 is 11.8 Å². The van der Waals surface area contributed by atoms with Gasteiger partial charge in [0.15, 0.2) is 11.3 Å². The smallest absolute Gasteiger partial charge is 0.383 e. The number of hydrogen-bond donors (Lipinski definition) is 1. The standard InChI is InChI=1S/C13H19F3N4OS/c14-13(15,16)10(21)8-22-12-18-17-11(20(12)9-4-5-9)19-6-2-1-3-7-19/h9-10,21H,1-8H2/t10-/m1/s1. The molecule has 1 saturated carbocycles. The zero-order valence-corrected chi connectivity index (χ0v) is 12.9.